The van der Waals surface area contributed by atoms with Crippen LogP contribution in [0, 0.1) is 0 Å². The highest BCUT2D eigenvalue weighted by molar-refractivity contribution is 5.93. The molecule has 0 bridgehead atoms. The number of amides is 5. The van der Waals surface area contributed by atoms with Crippen LogP contribution >= 0.6 is 0 Å². The summed E-state index contributed by atoms with van der Waals surface area (Å²) in [6, 6.07) is 12.0. The predicted molar refractivity (Wildman–Crippen MR) is 148 cm³/mol. The van der Waals surface area contributed by atoms with Gasteiger partial charge in [-0.2, -0.15) is 0 Å². The average Bonchev–Trinajstić information content (AvgIpc) is 3.29. The summed E-state index contributed by atoms with van der Waals surface area (Å²) in [6.45, 7) is 0.920. The number of carbonyl (C=O) groups is 6. The van der Waals surface area contributed by atoms with Crippen LogP contribution in [0.4, 0.5) is 4.79 Å². The molecule has 0 saturated carbocycles. The van der Waals surface area contributed by atoms with Gasteiger partial charge >= 0.3 is 12.1 Å². The number of alkyl carbamates (subject to hydrolysis) is 1. The van der Waals surface area contributed by atoms with Crippen LogP contribution in [0.1, 0.15) is 30.9 Å². The fraction of sp³-hybridized carbons (Fsp3) is 0.357. The number of fused-ring (bicyclic) bond motifs is 3. The van der Waals surface area contributed by atoms with Gasteiger partial charge in [0.05, 0.1) is 13.2 Å². The SMILES string of the molecule is C[C@H](NC(=O)CNC(=O)OCC1c2ccccc2-c2ccccc21)C(=O)NCC(=O)N[C@@H](C)C(=O)N[C@@H](CO)C(=O)O. The minimum Gasteiger partial charge on any atom is -0.480 e. The normalized spacial score (nSPS) is 13.8. The van der Waals surface area contributed by atoms with E-state index in [1.165, 1.54) is 13.8 Å². The zero-order chi connectivity index (χ0) is 30.8. The van der Waals surface area contributed by atoms with Crippen molar-refractivity contribution in [2.45, 2.75) is 37.9 Å². The number of rotatable bonds is 13. The van der Waals surface area contributed by atoms with Gasteiger partial charge in [-0.05, 0) is 36.1 Å². The number of aliphatic carboxylic acids is 1. The lowest BCUT2D eigenvalue weighted by molar-refractivity contribution is -0.143. The lowest BCUT2D eigenvalue weighted by atomic mass is 9.98. The summed E-state index contributed by atoms with van der Waals surface area (Å²) in [5, 5.41) is 29.2. The zero-order valence-electron chi connectivity index (χ0n) is 23.0. The Labute approximate surface area is 241 Å². The molecule has 0 radical (unpaired) electrons. The number of ether oxygens (including phenoxy) is 1. The van der Waals surface area contributed by atoms with Gasteiger partial charge in [-0.1, -0.05) is 48.5 Å². The topological polar surface area (TPSA) is 212 Å². The van der Waals surface area contributed by atoms with Crippen molar-refractivity contribution in [1.29, 1.82) is 0 Å². The Morgan fingerprint density at radius 2 is 1.26 bits per heavy atom. The Bertz CT molecular complexity index is 1300. The van der Waals surface area contributed by atoms with Crippen LogP contribution in [0.3, 0.4) is 0 Å². The predicted octanol–water partition coefficient (Wildman–Crippen LogP) is -0.788. The number of hydrogen-bond acceptors (Lipinski definition) is 8. The van der Waals surface area contributed by atoms with Gasteiger partial charge in [0.25, 0.3) is 0 Å². The number of hydrogen-bond donors (Lipinski definition) is 7. The Morgan fingerprint density at radius 1 is 0.762 bits per heavy atom. The summed E-state index contributed by atoms with van der Waals surface area (Å²) >= 11 is 0. The van der Waals surface area contributed by atoms with Crippen molar-refractivity contribution in [1.82, 2.24) is 26.6 Å². The second-order valence-electron chi connectivity index (χ2n) is 9.56. The highest BCUT2D eigenvalue weighted by atomic mass is 16.5. The van der Waals surface area contributed by atoms with E-state index in [9.17, 15) is 28.8 Å². The maximum absolute atomic E-state index is 12.3. The molecule has 14 nitrogen and oxygen atoms in total. The van der Waals surface area contributed by atoms with Crippen LogP contribution in [-0.2, 0) is 28.7 Å². The summed E-state index contributed by atoms with van der Waals surface area (Å²) in [5.74, 6) is -4.56. The van der Waals surface area contributed by atoms with Crippen molar-refractivity contribution in [2.75, 3.05) is 26.3 Å². The third kappa shape index (κ3) is 8.27. The maximum Gasteiger partial charge on any atom is 0.407 e. The van der Waals surface area contributed by atoms with E-state index in [0.717, 1.165) is 22.3 Å². The first kappa shape index (κ1) is 31.5. The van der Waals surface area contributed by atoms with Gasteiger partial charge in [-0.25, -0.2) is 9.59 Å². The van der Waals surface area contributed by atoms with E-state index in [1.54, 1.807) is 0 Å². The van der Waals surface area contributed by atoms with E-state index < -0.39 is 73.5 Å². The van der Waals surface area contributed by atoms with Crippen LogP contribution < -0.4 is 26.6 Å². The summed E-state index contributed by atoms with van der Waals surface area (Å²) < 4.78 is 5.37. The van der Waals surface area contributed by atoms with Crippen molar-refractivity contribution < 1.29 is 43.7 Å². The summed E-state index contributed by atoms with van der Waals surface area (Å²) in [7, 11) is 0. The highest BCUT2D eigenvalue weighted by Crippen LogP contribution is 2.44. The number of carbonyl (C=O) groups excluding carboxylic acids is 5. The third-order valence-corrected chi connectivity index (χ3v) is 6.50. The van der Waals surface area contributed by atoms with E-state index in [-0.39, 0.29) is 12.5 Å². The lowest BCUT2D eigenvalue weighted by Crippen LogP contribution is -2.53. The van der Waals surface area contributed by atoms with Gasteiger partial charge in [-0.3, -0.25) is 19.2 Å². The molecule has 0 heterocycles. The average molecular weight is 584 g/mol. The van der Waals surface area contributed by atoms with E-state index in [1.807, 2.05) is 53.8 Å². The fourth-order valence-electron chi connectivity index (χ4n) is 4.32. The van der Waals surface area contributed by atoms with Crippen LogP contribution in [-0.4, -0.2) is 90.3 Å². The number of nitrogens with one attached hydrogen (secondary N) is 5. The van der Waals surface area contributed by atoms with E-state index in [2.05, 4.69) is 21.3 Å². The fourth-order valence-corrected chi connectivity index (χ4v) is 4.32. The number of aliphatic hydroxyl groups excluding tert-OH is 1. The lowest BCUT2D eigenvalue weighted by Gasteiger charge is -2.18. The number of carboxylic acid groups (broad SMARTS) is 1. The smallest absolute Gasteiger partial charge is 0.407 e. The monoisotopic (exact) mass is 583 g/mol. The van der Waals surface area contributed by atoms with E-state index in [4.69, 9.17) is 14.9 Å². The molecule has 0 aliphatic heterocycles. The minimum atomic E-state index is -1.53. The molecule has 2 aromatic rings. The zero-order valence-corrected chi connectivity index (χ0v) is 23.0. The van der Waals surface area contributed by atoms with Crippen molar-refractivity contribution in [2.24, 2.45) is 0 Å². The van der Waals surface area contributed by atoms with Gasteiger partial charge in [0.2, 0.25) is 23.6 Å². The maximum atomic E-state index is 12.3. The summed E-state index contributed by atoms with van der Waals surface area (Å²) in [6.07, 6.45) is -0.799. The Morgan fingerprint density at radius 3 is 1.79 bits per heavy atom. The first-order chi connectivity index (χ1) is 20.0. The second-order valence-corrected chi connectivity index (χ2v) is 9.56. The highest BCUT2D eigenvalue weighted by Gasteiger charge is 2.29. The quantitative estimate of drug-likeness (QED) is 0.157. The molecule has 2 aromatic carbocycles. The summed E-state index contributed by atoms with van der Waals surface area (Å²) in [5.41, 5.74) is 4.25. The molecule has 0 unspecified atom stereocenters. The van der Waals surface area contributed by atoms with E-state index >= 15 is 0 Å². The van der Waals surface area contributed by atoms with Gasteiger partial charge in [0, 0.05) is 5.92 Å². The first-order valence-corrected chi connectivity index (χ1v) is 13.1. The standard InChI is InChI=1S/C28H33N5O9/c1-15(25(37)29-11-23(35)32-16(2)26(38)33-22(13-34)27(39)40)31-24(36)12-30-28(41)42-14-21-19-9-5-3-7-17(19)18-8-4-6-10-20(18)21/h3-10,15-16,21-22,34H,11-14H2,1-2H3,(H,29,37)(H,30,41)(H,31,36)(H,32,35)(H,33,38)(H,39,40)/t15-,16-,22-/m0/s1. The number of benzene rings is 2. The molecule has 14 heteroatoms. The molecule has 1 aliphatic rings. The van der Waals surface area contributed by atoms with Gasteiger partial charge < -0.3 is 41.5 Å². The molecule has 0 fully saturated rings. The van der Waals surface area contributed by atoms with Gasteiger partial charge in [0.1, 0.15) is 31.3 Å². The molecule has 42 heavy (non-hydrogen) atoms. The van der Waals surface area contributed by atoms with Crippen LogP contribution in [0.2, 0.25) is 0 Å². The van der Waals surface area contributed by atoms with Crippen LogP contribution in [0.15, 0.2) is 48.5 Å². The first-order valence-electron chi connectivity index (χ1n) is 13.1. The van der Waals surface area contributed by atoms with E-state index in [0.29, 0.717) is 0 Å². The third-order valence-electron chi connectivity index (χ3n) is 6.50. The van der Waals surface area contributed by atoms with Crippen molar-refractivity contribution in [3.63, 3.8) is 0 Å². The van der Waals surface area contributed by atoms with Crippen molar-refractivity contribution in [3.05, 3.63) is 59.7 Å². The van der Waals surface area contributed by atoms with Crippen molar-refractivity contribution in [3.8, 4) is 11.1 Å². The molecule has 0 spiro atoms. The molecule has 1 aliphatic carbocycles. The molecule has 7 N–H and O–H groups in total. The van der Waals surface area contributed by atoms with Gasteiger partial charge in [-0.15, -0.1) is 0 Å². The van der Waals surface area contributed by atoms with Crippen LogP contribution in [0.25, 0.3) is 11.1 Å². The molecule has 3 atom stereocenters. The molecule has 224 valence electrons. The Balaban J connectivity index is 1.36. The Kier molecular flexibility index (Phi) is 11.0. The molecule has 3 rings (SSSR count). The molecule has 0 aromatic heterocycles. The molecular weight excluding hydrogens is 550 g/mol. The Hall–Kier alpha value is -4.98. The largest absolute Gasteiger partial charge is 0.480 e. The number of carboxylic acids is 1. The minimum absolute atomic E-state index is 0.0736. The second kappa shape index (κ2) is 14.6. The molecule has 5 amide bonds. The number of aliphatic hydroxyl groups is 1. The van der Waals surface area contributed by atoms with Gasteiger partial charge in [0.15, 0.2) is 0 Å². The summed E-state index contributed by atoms with van der Waals surface area (Å²) in [4.78, 5) is 71.6. The van der Waals surface area contributed by atoms with Crippen molar-refractivity contribution >= 4 is 35.7 Å². The molecule has 0 saturated heterocycles. The van der Waals surface area contributed by atoms with Crippen LogP contribution in [0.5, 0.6) is 0 Å². The molecular formula is C28H33N5O9.